The lowest BCUT2D eigenvalue weighted by Gasteiger charge is -2.34. The van der Waals surface area contributed by atoms with E-state index in [9.17, 15) is 0 Å². The molecule has 0 heterocycles. The minimum absolute atomic E-state index is 0.0189. The van der Waals surface area contributed by atoms with Crippen LogP contribution in [0.25, 0.3) is 0 Å². The molecule has 0 bridgehead atoms. The first-order chi connectivity index (χ1) is 13.4. The first-order valence-corrected chi connectivity index (χ1v) is 8.53. The second-order valence-electron chi connectivity index (χ2n) is 5.99. The van der Waals surface area contributed by atoms with Gasteiger partial charge in [0.2, 0.25) is 0 Å². The fraction of sp³-hybridized carbons (Fsp3) is 0.400. The van der Waals surface area contributed by atoms with Gasteiger partial charge in [0.1, 0.15) is 34.5 Å². The number of methoxy groups -OCH3 is 6. The molecule has 2 aromatic carbocycles. The van der Waals surface area contributed by atoms with Gasteiger partial charge in [-0.2, -0.15) is 0 Å². The third-order valence-electron chi connectivity index (χ3n) is 4.64. The maximum absolute atomic E-state index is 6.90. The highest BCUT2D eigenvalue weighted by Gasteiger charge is 2.40. The summed E-state index contributed by atoms with van der Waals surface area (Å²) in [7, 11) is 9.27. The quantitative estimate of drug-likeness (QED) is 0.666. The van der Waals surface area contributed by atoms with Crippen molar-refractivity contribution in [2.75, 3.05) is 49.2 Å². The van der Waals surface area contributed by atoms with Crippen LogP contribution in [0.2, 0.25) is 0 Å². The van der Waals surface area contributed by atoms with Gasteiger partial charge < -0.3 is 39.9 Å². The molecule has 8 nitrogen and oxygen atoms in total. The van der Waals surface area contributed by atoms with Crippen molar-refractivity contribution in [1.29, 1.82) is 0 Å². The molecule has 154 valence electrons. The molecule has 0 saturated carbocycles. The summed E-state index contributed by atoms with van der Waals surface area (Å²) in [6.07, 6.45) is 0. The Bertz CT molecular complexity index is 711. The van der Waals surface area contributed by atoms with E-state index in [0.717, 1.165) is 0 Å². The Kier molecular flexibility index (Phi) is 6.82. The van der Waals surface area contributed by atoms with Gasteiger partial charge in [-0.3, -0.25) is 0 Å². The average Bonchev–Trinajstić information content (AvgIpc) is 2.76. The van der Waals surface area contributed by atoms with Crippen LogP contribution in [0.15, 0.2) is 24.3 Å². The molecule has 2 rings (SSSR count). The Morgan fingerprint density at radius 3 is 1.07 bits per heavy atom. The van der Waals surface area contributed by atoms with E-state index in [2.05, 4.69) is 0 Å². The van der Waals surface area contributed by atoms with Crippen molar-refractivity contribution in [3.8, 4) is 34.5 Å². The first kappa shape index (κ1) is 21.5. The molecule has 8 heteroatoms. The molecule has 0 fully saturated rings. The molecule has 0 aliphatic heterocycles. The summed E-state index contributed by atoms with van der Waals surface area (Å²) in [5.41, 5.74) is 12.9. The predicted molar refractivity (Wildman–Crippen MR) is 106 cm³/mol. The maximum atomic E-state index is 6.90. The van der Waals surface area contributed by atoms with Gasteiger partial charge in [-0.1, -0.05) is 0 Å². The van der Waals surface area contributed by atoms with Crippen molar-refractivity contribution >= 4 is 0 Å². The van der Waals surface area contributed by atoms with Gasteiger partial charge in [0, 0.05) is 30.8 Å². The Balaban J connectivity index is 2.90. The van der Waals surface area contributed by atoms with Crippen molar-refractivity contribution in [2.45, 2.75) is 5.54 Å². The van der Waals surface area contributed by atoms with Gasteiger partial charge in [0.15, 0.2) is 0 Å². The van der Waals surface area contributed by atoms with Crippen molar-refractivity contribution in [3.05, 3.63) is 35.4 Å². The second-order valence-corrected chi connectivity index (χ2v) is 5.99. The van der Waals surface area contributed by atoms with Gasteiger partial charge >= 0.3 is 0 Å². The summed E-state index contributed by atoms with van der Waals surface area (Å²) < 4.78 is 33.0. The van der Waals surface area contributed by atoms with Crippen LogP contribution in [0.1, 0.15) is 11.1 Å². The molecule has 0 saturated heterocycles. The average molecular weight is 392 g/mol. The van der Waals surface area contributed by atoms with E-state index in [-0.39, 0.29) is 6.54 Å². The van der Waals surface area contributed by atoms with E-state index < -0.39 is 5.54 Å². The van der Waals surface area contributed by atoms with Crippen LogP contribution in [0.3, 0.4) is 0 Å². The predicted octanol–water partition coefficient (Wildman–Crippen LogP) is 1.90. The molecule has 2 aromatic rings. The SMILES string of the molecule is COc1cc(OC)c(C(N)(CN)c2c(OC)cc(OC)cc2OC)c(OC)c1. The van der Waals surface area contributed by atoms with E-state index >= 15 is 0 Å². The molecule has 0 aliphatic rings. The van der Waals surface area contributed by atoms with E-state index in [1.165, 1.54) is 28.4 Å². The molecule has 28 heavy (non-hydrogen) atoms. The Labute approximate surface area is 165 Å². The van der Waals surface area contributed by atoms with E-state index in [1.807, 2.05) is 0 Å². The molecule has 0 aromatic heterocycles. The lowest BCUT2D eigenvalue weighted by atomic mass is 9.81. The fourth-order valence-electron chi connectivity index (χ4n) is 3.22. The molecule has 4 N–H and O–H groups in total. The lowest BCUT2D eigenvalue weighted by Crippen LogP contribution is -2.46. The molecular weight excluding hydrogens is 364 g/mol. The summed E-state index contributed by atoms with van der Waals surface area (Å²) in [5.74, 6) is 2.97. The number of hydrogen-bond donors (Lipinski definition) is 2. The monoisotopic (exact) mass is 392 g/mol. The number of benzene rings is 2. The zero-order chi connectivity index (χ0) is 20.9. The fourth-order valence-corrected chi connectivity index (χ4v) is 3.22. The Morgan fingerprint density at radius 1 is 0.607 bits per heavy atom. The van der Waals surface area contributed by atoms with Crippen LogP contribution in [0.4, 0.5) is 0 Å². The van der Waals surface area contributed by atoms with Gasteiger partial charge in [0.25, 0.3) is 0 Å². The van der Waals surface area contributed by atoms with Gasteiger partial charge in [0.05, 0.1) is 59.3 Å². The Morgan fingerprint density at radius 2 is 0.893 bits per heavy atom. The smallest absolute Gasteiger partial charge is 0.131 e. The zero-order valence-electron chi connectivity index (χ0n) is 17.1. The third kappa shape index (κ3) is 3.61. The number of rotatable bonds is 9. The number of nitrogens with two attached hydrogens (primary N) is 2. The minimum atomic E-state index is -1.26. The molecule has 0 radical (unpaired) electrons. The van der Waals surface area contributed by atoms with Crippen LogP contribution in [0, 0.1) is 0 Å². The van der Waals surface area contributed by atoms with Crippen molar-refractivity contribution < 1.29 is 28.4 Å². The number of ether oxygens (including phenoxy) is 6. The van der Waals surface area contributed by atoms with Crippen molar-refractivity contribution in [1.82, 2.24) is 0 Å². The summed E-state index contributed by atoms with van der Waals surface area (Å²) in [6, 6.07) is 6.88. The van der Waals surface area contributed by atoms with E-state index in [1.54, 1.807) is 38.5 Å². The van der Waals surface area contributed by atoms with E-state index in [4.69, 9.17) is 39.9 Å². The van der Waals surface area contributed by atoms with Gasteiger partial charge in [-0.15, -0.1) is 0 Å². The van der Waals surface area contributed by atoms with Crippen LogP contribution in [0.5, 0.6) is 34.5 Å². The molecular formula is C20H28N2O6. The van der Waals surface area contributed by atoms with Crippen LogP contribution >= 0.6 is 0 Å². The molecule has 0 amide bonds. The summed E-state index contributed by atoms with van der Waals surface area (Å²) in [5, 5.41) is 0. The van der Waals surface area contributed by atoms with Gasteiger partial charge in [-0.05, 0) is 0 Å². The van der Waals surface area contributed by atoms with Gasteiger partial charge in [-0.25, -0.2) is 0 Å². The first-order valence-electron chi connectivity index (χ1n) is 8.53. The van der Waals surface area contributed by atoms with E-state index in [0.29, 0.717) is 45.6 Å². The standard InChI is InChI=1S/C20H28N2O6/c1-23-12-7-14(25-3)18(15(8-12)26-4)20(22,11-21)19-16(27-5)9-13(24-2)10-17(19)28-6/h7-10H,11,21-22H2,1-6H3. The second kappa shape index (κ2) is 8.90. The molecule has 0 aliphatic carbocycles. The maximum Gasteiger partial charge on any atom is 0.131 e. The van der Waals surface area contributed by atoms with Crippen molar-refractivity contribution in [2.24, 2.45) is 11.5 Å². The highest BCUT2D eigenvalue weighted by molar-refractivity contribution is 5.64. The normalized spacial score (nSPS) is 11.0. The van der Waals surface area contributed by atoms with Crippen molar-refractivity contribution in [3.63, 3.8) is 0 Å². The highest BCUT2D eigenvalue weighted by Crippen LogP contribution is 2.48. The number of hydrogen-bond acceptors (Lipinski definition) is 8. The largest absolute Gasteiger partial charge is 0.496 e. The highest BCUT2D eigenvalue weighted by atomic mass is 16.5. The topological polar surface area (TPSA) is 107 Å². The summed E-state index contributed by atoms with van der Waals surface area (Å²) in [6.45, 7) is 0.0189. The molecule has 0 unspecified atom stereocenters. The third-order valence-corrected chi connectivity index (χ3v) is 4.64. The van der Waals surface area contributed by atoms with Crippen LogP contribution in [-0.4, -0.2) is 49.2 Å². The van der Waals surface area contributed by atoms with Crippen LogP contribution < -0.4 is 39.9 Å². The summed E-state index contributed by atoms with van der Waals surface area (Å²) in [4.78, 5) is 0. The summed E-state index contributed by atoms with van der Waals surface area (Å²) >= 11 is 0. The zero-order valence-corrected chi connectivity index (χ0v) is 17.1. The molecule has 0 spiro atoms. The minimum Gasteiger partial charge on any atom is -0.496 e. The lowest BCUT2D eigenvalue weighted by molar-refractivity contribution is 0.334. The Hall–Kier alpha value is -2.84. The molecule has 0 atom stereocenters. The van der Waals surface area contributed by atoms with Crippen LogP contribution in [-0.2, 0) is 5.54 Å².